The van der Waals surface area contributed by atoms with Gasteiger partial charge >= 0.3 is 0 Å². The molecule has 0 saturated carbocycles. The Morgan fingerprint density at radius 1 is 1.47 bits per heavy atom. The summed E-state index contributed by atoms with van der Waals surface area (Å²) in [5.41, 5.74) is -0.735. The van der Waals surface area contributed by atoms with Crippen LogP contribution in [0.1, 0.15) is 20.8 Å². The zero-order valence-corrected chi connectivity index (χ0v) is 10.7. The van der Waals surface area contributed by atoms with Crippen LogP contribution in [0.5, 0.6) is 0 Å². The molecule has 2 aliphatic rings. The van der Waals surface area contributed by atoms with E-state index in [2.05, 4.69) is 0 Å². The zero-order valence-electron chi connectivity index (χ0n) is 10.7. The minimum atomic E-state index is -0.735. The number of rotatable bonds is 4. The molecule has 0 bridgehead atoms. The van der Waals surface area contributed by atoms with E-state index in [-0.39, 0.29) is 12.9 Å². The second kappa shape index (κ2) is 4.33. The third-order valence-corrected chi connectivity index (χ3v) is 3.21. The molecule has 0 aromatic heterocycles. The van der Waals surface area contributed by atoms with Crippen LogP contribution in [0.3, 0.4) is 0 Å². The van der Waals surface area contributed by atoms with Gasteiger partial charge in [0.15, 0.2) is 5.79 Å². The molecule has 1 aliphatic carbocycles. The van der Waals surface area contributed by atoms with Crippen molar-refractivity contribution < 1.29 is 24.1 Å². The Hall–Kier alpha value is -0.460. The Bertz CT molecular complexity index is 314. The molecule has 1 fully saturated rings. The minimum Gasteiger partial charge on any atom is -0.386 e. The van der Waals surface area contributed by atoms with Gasteiger partial charge < -0.3 is 24.1 Å². The van der Waals surface area contributed by atoms with Crippen molar-refractivity contribution in [3.05, 3.63) is 12.2 Å². The fraction of sp³-hybridized carbons (Fsp3) is 0.833. The molecule has 0 unspecified atom stereocenters. The number of hydrogen-bond donors (Lipinski definition) is 1. The summed E-state index contributed by atoms with van der Waals surface area (Å²) in [6, 6.07) is 0. The first-order valence-corrected chi connectivity index (χ1v) is 5.77. The van der Waals surface area contributed by atoms with Gasteiger partial charge in [-0.1, -0.05) is 6.08 Å². The highest BCUT2D eigenvalue weighted by Crippen LogP contribution is 2.45. The number of aliphatic hydroxyl groups is 1. The van der Waals surface area contributed by atoms with Crippen molar-refractivity contribution in [3.8, 4) is 0 Å². The standard InChI is InChI=1S/C12H20O5/c1-8(15-7-14-4)12-6-5-9(13)10(12)16-11(2,3)17-12/h5-6,8-10,13H,7H2,1-4H3/t8-,9-,10-,12-/m0/s1. The van der Waals surface area contributed by atoms with E-state index in [4.69, 9.17) is 18.9 Å². The van der Waals surface area contributed by atoms with Gasteiger partial charge in [-0.3, -0.25) is 0 Å². The van der Waals surface area contributed by atoms with Crippen molar-refractivity contribution in [2.24, 2.45) is 0 Å². The first-order valence-electron chi connectivity index (χ1n) is 5.77. The van der Waals surface area contributed by atoms with Gasteiger partial charge in [-0.25, -0.2) is 0 Å². The zero-order chi connectivity index (χ0) is 12.7. The molecule has 0 aromatic carbocycles. The van der Waals surface area contributed by atoms with Gasteiger partial charge in [-0.05, 0) is 26.8 Å². The summed E-state index contributed by atoms with van der Waals surface area (Å²) in [7, 11) is 1.57. The molecule has 0 aromatic rings. The lowest BCUT2D eigenvalue weighted by molar-refractivity contribution is -0.188. The Kier molecular flexibility index (Phi) is 3.31. The highest BCUT2D eigenvalue weighted by atomic mass is 16.8. The summed E-state index contributed by atoms with van der Waals surface area (Å²) >= 11 is 0. The molecule has 17 heavy (non-hydrogen) atoms. The molecule has 5 heteroatoms. The summed E-state index contributed by atoms with van der Waals surface area (Å²) in [6.07, 6.45) is 2.17. The van der Waals surface area contributed by atoms with Crippen molar-refractivity contribution in [2.45, 2.75) is 50.5 Å². The highest BCUT2D eigenvalue weighted by Gasteiger charge is 2.60. The summed E-state index contributed by atoms with van der Waals surface area (Å²) in [5.74, 6) is -0.721. The third-order valence-electron chi connectivity index (χ3n) is 3.21. The van der Waals surface area contributed by atoms with Gasteiger partial charge in [0.1, 0.15) is 24.6 Å². The molecule has 2 rings (SSSR count). The van der Waals surface area contributed by atoms with Crippen molar-refractivity contribution in [2.75, 3.05) is 13.9 Å². The predicted octanol–water partition coefficient (Wildman–Crippen LogP) is 0.816. The second-order valence-electron chi connectivity index (χ2n) is 4.96. The molecule has 1 N–H and O–H groups in total. The Morgan fingerprint density at radius 3 is 2.82 bits per heavy atom. The molecule has 0 radical (unpaired) electrons. The third kappa shape index (κ3) is 2.13. The number of hydrogen-bond acceptors (Lipinski definition) is 5. The molecule has 4 atom stereocenters. The van der Waals surface area contributed by atoms with Gasteiger partial charge in [0, 0.05) is 7.11 Å². The molecule has 1 saturated heterocycles. The van der Waals surface area contributed by atoms with E-state index in [9.17, 15) is 5.11 Å². The minimum absolute atomic E-state index is 0.184. The van der Waals surface area contributed by atoms with Crippen molar-refractivity contribution in [1.82, 2.24) is 0 Å². The van der Waals surface area contributed by atoms with Gasteiger partial charge in [0.25, 0.3) is 0 Å². The molecule has 0 amide bonds. The van der Waals surface area contributed by atoms with Crippen LogP contribution in [0, 0.1) is 0 Å². The molecule has 1 heterocycles. The van der Waals surface area contributed by atoms with Gasteiger partial charge in [-0.2, -0.15) is 0 Å². The van der Waals surface area contributed by atoms with Crippen molar-refractivity contribution >= 4 is 0 Å². The number of ether oxygens (including phenoxy) is 4. The first kappa shape index (κ1) is 13.0. The summed E-state index contributed by atoms with van der Waals surface area (Å²) in [6.45, 7) is 5.73. The number of aliphatic hydroxyl groups excluding tert-OH is 1. The maximum Gasteiger partial charge on any atom is 0.164 e. The van der Waals surface area contributed by atoms with Crippen LogP contribution in [-0.2, 0) is 18.9 Å². The first-order chi connectivity index (χ1) is 7.91. The lowest BCUT2D eigenvalue weighted by Crippen LogP contribution is -2.49. The SMILES string of the molecule is COCO[C@@H](C)[C@@]12C=C[C@H](O)[C@@H]1OC(C)(C)O2. The van der Waals surface area contributed by atoms with Gasteiger partial charge in [0.05, 0.1) is 6.10 Å². The maximum absolute atomic E-state index is 9.89. The lowest BCUT2D eigenvalue weighted by Gasteiger charge is -2.33. The highest BCUT2D eigenvalue weighted by molar-refractivity contribution is 5.25. The van der Waals surface area contributed by atoms with E-state index in [0.717, 1.165) is 0 Å². The van der Waals surface area contributed by atoms with E-state index in [1.807, 2.05) is 26.8 Å². The van der Waals surface area contributed by atoms with Crippen molar-refractivity contribution in [3.63, 3.8) is 0 Å². The van der Waals surface area contributed by atoms with E-state index in [1.54, 1.807) is 13.2 Å². The number of fused-ring (bicyclic) bond motifs is 1. The molecule has 1 aliphatic heterocycles. The average molecular weight is 244 g/mol. The second-order valence-corrected chi connectivity index (χ2v) is 4.96. The van der Waals surface area contributed by atoms with E-state index in [1.165, 1.54) is 0 Å². The predicted molar refractivity (Wildman–Crippen MR) is 60.3 cm³/mol. The average Bonchev–Trinajstić information content (AvgIpc) is 2.69. The fourth-order valence-corrected chi connectivity index (χ4v) is 2.47. The molecule has 98 valence electrons. The van der Waals surface area contributed by atoms with Crippen LogP contribution in [0.15, 0.2) is 12.2 Å². The van der Waals surface area contributed by atoms with Crippen LogP contribution >= 0.6 is 0 Å². The normalized spacial score (nSPS) is 40.5. The smallest absolute Gasteiger partial charge is 0.164 e. The van der Waals surface area contributed by atoms with E-state index in [0.29, 0.717) is 0 Å². The van der Waals surface area contributed by atoms with Crippen molar-refractivity contribution in [1.29, 1.82) is 0 Å². The summed E-state index contributed by atoms with van der Waals surface area (Å²) < 4.78 is 22.1. The quantitative estimate of drug-likeness (QED) is 0.586. The largest absolute Gasteiger partial charge is 0.386 e. The van der Waals surface area contributed by atoms with Crippen LogP contribution < -0.4 is 0 Å². The van der Waals surface area contributed by atoms with E-state index < -0.39 is 23.6 Å². The molecular formula is C12H20O5. The summed E-state index contributed by atoms with van der Waals surface area (Å²) in [5, 5.41) is 9.89. The van der Waals surface area contributed by atoms with Crippen LogP contribution in [0.25, 0.3) is 0 Å². The van der Waals surface area contributed by atoms with E-state index >= 15 is 0 Å². The Morgan fingerprint density at radius 2 is 2.18 bits per heavy atom. The van der Waals surface area contributed by atoms with Gasteiger partial charge in [0.2, 0.25) is 0 Å². The van der Waals surface area contributed by atoms with Crippen LogP contribution in [-0.4, -0.2) is 48.7 Å². The van der Waals surface area contributed by atoms with Crippen LogP contribution in [0.2, 0.25) is 0 Å². The maximum atomic E-state index is 9.89. The monoisotopic (exact) mass is 244 g/mol. The molecule has 0 spiro atoms. The topological polar surface area (TPSA) is 57.2 Å². The van der Waals surface area contributed by atoms with Crippen LogP contribution in [0.4, 0.5) is 0 Å². The lowest BCUT2D eigenvalue weighted by atomic mass is 9.94. The fourth-order valence-electron chi connectivity index (χ4n) is 2.47. The van der Waals surface area contributed by atoms with Gasteiger partial charge in [-0.15, -0.1) is 0 Å². The Labute approximate surface area is 101 Å². The summed E-state index contributed by atoms with van der Waals surface area (Å²) in [4.78, 5) is 0. The number of methoxy groups -OCH3 is 1. The molecular weight excluding hydrogens is 224 g/mol. The Balaban J connectivity index is 2.18. The molecule has 5 nitrogen and oxygen atoms in total.